The highest BCUT2D eigenvalue weighted by Crippen LogP contribution is 2.28. The van der Waals surface area contributed by atoms with Gasteiger partial charge in [0, 0.05) is 33.3 Å². The molecule has 3 rings (SSSR count). The molecule has 222 valence electrons. The topological polar surface area (TPSA) is 64.5 Å². The van der Waals surface area contributed by atoms with Gasteiger partial charge < -0.3 is 0 Å². The van der Waals surface area contributed by atoms with Gasteiger partial charge in [-0.15, -0.1) is 0 Å². The van der Waals surface area contributed by atoms with E-state index in [0.717, 1.165) is 34.3 Å². The molecule has 0 fully saturated rings. The smallest absolute Gasteiger partial charge is 0.125 e. The molecule has 0 radical (unpaired) electrons. The van der Waals surface area contributed by atoms with Crippen LogP contribution in [0.5, 0.6) is 0 Å². The van der Waals surface area contributed by atoms with Crippen LogP contribution in [0.4, 0.5) is 0 Å². The summed E-state index contributed by atoms with van der Waals surface area (Å²) in [6.45, 7) is 40.6. The summed E-state index contributed by atoms with van der Waals surface area (Å²) in [5.74, 6) is 0.869. The van der Waals surface area contributed by atoms with Crippen molar-refractivity contribution >= 4 is 0 Å². The summed E-state index contributed by atoms with van der Waals surface area (Å²) in [4.78, 5) is 13.5. The van der Waals surface area contributed by atoms with E-state index >= 15 is 0 Å². The Morgan fingerprint density at radius 3 is 1.15 bits per heavy atom. The van der Waals surface area contributed by atoms with Gasteiger partial charge in [0.1, 0.15) is 5.82 Å². The molecule has 0 unspecified atom stereocenters. The van der Waals surface area contributed by atoms with E-state index in [9.17, 15) is 0 Å². The summed E-state index contributed by atoms with van der Waals surface area (Å²) >= 11 is 0. The lowest BCUT2D eigenvalue weighted by molar-refractivity contribution is 0.550. The van der Waals surface area contributed by atoms with Crippen LogP contribution in [-0.2, 0) is 16.2 Å². The minimum atomic E-state index is 0.0928. The molecule has 0 aliphatic carbocycles. The van der Waals surface area contributed by atoms with E-state index in [1.54, 1.807) is 0 Å². The molecule has 0 N–H and O–H groups in total. The van der Waals surface area contributed by atoms with Crippen molar-refractivity contribution in [3.63, 3.8) is 0 Å². The van der Waals surface area contributed by atoms with Crippen molar-refractivity contribution < 1.29 is 0 Å². The lowest BCUT2D eigenvalue weighted by atomic mass is 9.86. The molecule has 0 saturated carbocycles. The second-order valence-corrected chi connectivity index (χ2v) is 14.4. The first-order valence-corrected chi connectivity index (χ1v) is 14.5. The van der Waals surface area contributed by atoms with Crippen LogP contribution in [0.15, 0.2) is 0 Å². The molecule has 0 bridgehead atoms. The zero-order valence-electron chi connectivity index (χ0n) is 29.2. The average molecular weight is 548 g/mol. The van der Waals surface area contributed by atoms with E-state index in [1.807, 2.05) is 20.8 Å². The van der Waals surface area contributed by atoms with Gasteiger partial charge in [-0.2, -0.15) is 10.2 Å². The highest BCUT2D eigenvalue weighted by Gasteiger charge is 2.22. The fraction of sp³-hybridized carbons (Fsp3) is 0.629. The SMILES string of the molecule is Cc1nc(C(C)(C)C)c(C)c(C)c1C.Cc1nc(C)c(C)c(C(C)(C)C)n1.Cc1nnc(C(C)(C)C)c(C)c1C. The Labute approximate surface area is 246 Å². The van der Waals surface area contributed by atoms with Gasteiger partial charge in [0.05, 0.1) is 17.1 Å². The highest BCUT2D eigenvalue weighted by molar-refractivity contribution is 5.40. The molecule has 5 nitrogen and oxygen atoms in total. The fourth-order valence-corrected chi connectivity index (χ4v) is 4.73. The summed E-state index contributed by atoms with van der Waals surface area (Å²) in [5, 5.41) is 8.42. The fourth-order valence-electron chi connectivity index (χ4n) is 4.73. The van der Waals surface area contributed by atoms with Gasteiger partial charge in [-0.05, 0) is 103 Å². The molecule has 5 heteroatoms. The third-order valence-corrected chi connectivity index (χ3v) is 7.70. The first kappa shape index (κ1) is 35.3. The number of pyridine rings is 1. The molecule has 0 atom stereocenters. The maximum atomic E-state index is 4.70. The summed E-state index contributed by atoms with van der Waals surface area (Å²) in [5.41, 5.74) is 15.0. The number of nitrogens with zero attached hydrogens (tertiary/aromatic N) is 5. The molecule has 0 aliphatic rings. The first-order chi connectivity index (χ1) is 17.9. The number of hydrogen-bond donors (Lipinski definition) is 0. The van der Waals surface area contributed by atoms with E-state index in [-0.39, 0.29) is 16.2 Å². The van der Waals surface area contributed by atoms with Crippen molar-refractivity contribution in [3.05, 3.63) is 73.4 Å². The van der Waals surface area contributed by atoms with Gasteiger partial charge in [-0.25, -0.2) is 9.97 Å². The number of aryl methyl sites for hydroxylation is 4. The van der Waals surface area contributed by atoms with Crippen molar-refractivity contribution in [3.8, 4) is 0 Å². The molecule has 40 heavy (non-hydrogen) atoms. The molecule has 0 aromatic carbocycles. The van der Waals surface area contributed by atoms with Crippen LogP contribution in [0.1, 0.15) is 136 Å². The Morgan fingerprint density at radius 1 is 0.325 bits per heavy atom. The monoisotopic (exact) mass is 547 g/mol. The third kappa shape index (κ3) is 8.91. The van der Waals surface area contributed by atoms with Crippen LogP contribution in [0.25, 0.3) is 0 Å². The van der Waals surface area contributed by atoms with E-state index in [1.165, 1.54) is 39.1 Å². The maximum absolute atomic E-state index is 4.70. The van der Waals surface area contributed by atoms with Crippen LogP contribution < -0.4 is 0 Å². The summed E-state index contributed by atoms with van der Waals surface area (Å²) in [6.07, 6.45) is 0. The second kappa shape index (κ2) is 12.9. The largest absolute Gasteiger partial charge is 0.257 e. The zero-order valence-corrected chi connectivity index (χ0v) is 29.2. The average Bonchev–Trinajstić information content (AvgIpc) is 2.79. The molecule has 0 spiro atoms. The van der Waals surface area contributed by atoms with Crippen molar-refractivity contribution in [2.45, 2.75) is 148 Å². The molecule has 3 aromatic heterocycles. The van der Waals surface area contributed by atoms with Crippen LogP contribution in [-0.4, -0.2) is 25.1 Å². The normalized spacial score (nSPS) is 11.9. The molecule has 0 amide bonds. The Balaban J connectivity index is 0.000000300. The third-order valence-electron chi connectivity index (χ3n) is 7.70. The summed E-state index contributed by atoms with van der Waals surface area (Å²) in [6, 6.07) is 0. The lowest BCUT2D eigenvalue weighted by Gasteiger charge is -2.23. The quantitative estimate of drug-likeness (QED) is 0.281. The molecular weight excluding hydrogens is 490 g/mol. The van der Waals surface area contributed by atoms with Crippen molar-refractivity contribution in [1.82, 2.24) is 25.1 Å². The van der Waals surface area contributed by atoms with Crippen LogP contribution >= 0.6 is 0 Å². The Kier molecular flexibility index (Phi) is 11.4. The molecular formula is C35H57N5. The van der Waals surface area contributed by atoms with E-state index < -0.39 is 0 Å². The van der Waals surface area contributed by atoms with E-state index in [2.05, 4.69) is 131 Å². The number of rotatable bonds is 0. The van der Waals surface area contributed by atoms with Crippen LogP contribution in [0.2, 0.25) is 0 Å². The second-order valence-electron chi connectivity index (χ2n) is 14.4. The van der Waals surface area contributed by atoms with E-state index in [0.29, 0.717) is 0 Å². The van der Waals surface area contributed by atoms with Gasteiger partial charge in [-0.1, -0.05) is 62.3 Å². The van der Waals surface area contributed by atoms with Gasteiger partial charge in [0.25, 0.3) is 0 Å². The summed E-state index contributed by atoms with van der Waals surface area (Å²) in [7, 11) is 0. The standard InChI is InChI=1S/C13H21N.2C11H18N2/c1-8-9(2)11(4)14-12(10(8)3)13(5,6)7;1-7-8(2)12-9(3)13-10(7)11(4,5)6;1-7-8(2)10(11(4,5)6)13-12-9(7)3/h1-7H3;2*1-6H3. The van der Waals surface area contributed by atoms with E-state index in [4.69, 9.17) is 4.98 Å². The minimum Gasteiger partial charge on any atom is -0.257 e. The predicted octanol–water partition coefficient (Wildman–Crippen LogP) is 9.01. The van der Waals surface area contributed by atoms with Gasteiger partial charge >= 0.3 is 0 Å². The zero-order chi connectivity index (χ0) is 31.5. The van der Waals surface area contributed by atoms with Crippen molar-refractivity contribution in [2.24, 2.45) is 0 Å². The Hall–Kier alpha value is -2.69. The molecule has 0 saturated heterocycles. The Morgan fingerprint density at radius 2 is 0.700 bits per heavy atom. The Bertz CT molecular complexity index is 1330. The van der Waals surface area contributed by atoms with Gasteiger partial charge in [0.15, 0.2) is 0 Å². The maximum Gasteiger partial charge on any atom is 0.125 e. The number of hydrogen-bond acceptors (Lipinski definition) is 5. The summed E-state index contributed by atoms with van der Waals surface area (Å²) < 4.78 is 0. The molecule has 3 aromatic rings. The minimum absolute atomic E-state index is 0.0928. The van der Waals surface area contributed by atoms with Crippen molar-refractivity contribution in [1.29, 1.82) is 0 Å². The highest BCUT2D eigenvalue weighted by atomic mass is 15.1. The molecule has 0 aliphatic heterocycles. The number of aromatic nitrogens is 5. The van der Waals surface area contributed by atoms with Gasteiger partial charge in [-0.3, -0.25) is 4.98 Å². The van der Waals surface area contributed by atoms with Gasteiger partial charge in [0.2, 0.25) is 0 Å². The first-order valence-electron chi connectivity index (χ1n) is 14.5. The van der Waals surface area contributed by atoms with Crippen LogP contribution in [0.3, 0.4) is 0 Å². The lowest BCUT2D eigenvalue weighted by Crippen LogP contribution is -2.17. The predicted molar refractivity (Wildman–Crippen MR) is 172 cm³/mol. The molecule has 3 heterocycles. The van der Waals surface area contributed by atoms with Crippen molar-refractivity contribution in [2.75, 3.05) is 0 Å². The van der Waals surface area contributed by atoms with Crippen LogP contribution in [0, 0.1) is 69.2 Å².